The van der Waals surface area contributed by atoms with Gasteiger partial charge in [0.25, 0.3) is 5.56 Å². The third kappa shape index (κ3) is 3.75. The topological polar surface area (TPSA) is 56.5 Å². The van der Waals surface area contributed by atoms with E-state index in [1.165, 1.54) is 15.9 Å². The normalized spacial score (nSPS) is 13.2. The molecule has 31 heavy (non-hydrogen) atoms. The smallest absolute Gasteiger partial charge is 0.291 e. The Hall–Kier alpha value is -3.03. The molecule has 5 nitrogen and oxygen atoms in total. The van der Waals surface area contributed by atoms with Crippen LogP contribution in [-0.2, 0) is 0 Å². The average molecular weight is 492 g/mol. The maximum atomic E-state index is 12.8. The lowest BCUT2D eigenvalue weighted by molar-refractivity contribution is 0.415. The summed E-state index contributed by atoms with van der Waals surface area (Å²) in [4.78, 5) is 18.1. The number of benzene rings is 3. The van der Waals surface area contributed by atoms with Gasteiger partial charge in [-0.15, -0.1) is 5.10 Å². The minimum absolute atomic E-state index is 0.0319. The molecule has 154 valence electrons. The van der Waals surface area contributed by atoms with Crippen molar-refractivity contribution in [3.05, 3.63) is 97.0 Å². The van der Waals surface area contributed by atoms with Crippen LogP contribution < -0.4 is 14.8 Å². The van der Waals surface area contributed by atoms with Gasteiger partial charge in [-0.2, -0.15) is 4.52 Å². The number of rotatable bonds is 4. The summed E-state index contributed by atoms with van der Waals surface area (Å²) in [5.74, 6) is 1.45. The zero-order valence-corrected chi connectivity index (χ0v) is 19.3. The number of hydrogen-bond acceptors (Lipinski definition) is 5. The van der Waals surface area contributed by atoms with Gasteiger partial charge in [-0.3, -0.25) is 4.79 Å². The summed E-state index contributed by atoms with van der Waals surface area (Å²) < 4.78 is 8.30. The lowest BCUT2D eigenvalue weighted by atomic mass is 9.97. The summed E-state index contributed by atoms with van der Waals surface area (Å²) in [6, 6.07) is 20.1. The summed E-state index contributed by atoms with van der Waals surface area (Å²) in [5, 5.41) is 6.77. The van der Waals surface area contributed by atoms with Crippen molar-refractivity contribution >= 4 is 49.1 Å². The van der Waals surface area contributed by atoms with Crippen LogP contribution in [0.25, 0.3) is 21.8 Å². The van der Waals surface area contributed by atoms with Gasteiger partial charge in [-0.05, 0) is 52.2 Å². The first kappa shape index (κ1) is 19.9. The van der Waals surface area contributed by atoms with E-state index in [4.69, 9.17) is 4.74 Å². The molecule has 1 atom stereocenters. The van der Waals surface area contributed by atoms with Crippen molar-refractivity contribution in [2.75, 3.05) is 7.11 Å². The molecule has 0 N–H and O–H groups in total. The fourth-order valence-electron chi connectivity index (χ4n) is 3.57. The van der Waals surface area contributed by atoms with Crippen LogP contribution in [0.15, 0.2) is 69.9 Å². The molecule has 0 unspecified atom stereocenters. The van der Waals surface area contributed by atoms with E-state index in [0.717, 1.165) is 32.1 Å². The molecule has 0 aliphatic heterocycles. The second-order valence-corrected chi connectivity index (χ2v) is 9.25. The summed E-state index contributed by atoms with van der Waals surface area (Å²) in [6.07, 6.45) is 1.87. The number of nitrogens with zero attached hydrogens (tertiary/aromatic N) is 3. The molecule has 5 rings (SSSR count). The standard InChI is InChI=1S/C24H18BrN3O2S/c1-14(16-6-7-18-13-20(30-2)9-8-17(18)12-16)22-26-24-28(27-22)23(29)21(31-24)11-15-4-3-5-19(25)10-15/h3-14H,1-2H3/b21-11-/t14-/m0/s1. The van der Waals surface area contributed by atoms with Gasteiger partial charge < -0.3 is 4.74 Å². The number of methoxy groups -OCH3 is 1. The molecule has 5 aromatic rings. The Labute approximate surface area is 190 Å². The molecule has 0 fully saturated rings. The Balaban J connectivity index is 1.51. The highest BCUT2D eigenvalue weighted by Gasteiger charge is 2.17. The predicted octanol–water partition coefficient (Wildman–Crippen LogP) is 4.77. The van der Waals surface area contributed by atoms with E-state index in [1.807, 2.05) is 48.5 Å². The minimum atomic E-state index is -0.142. The molecule has 0 radical (unpaired) electrons. The first-order valence-corrected chi connectivity index (χ1v) is 11.4. The zero-order chi connectivity index (χ0) is 21.5. The predicted molar refractivity (Wildman–Crippen MR) is 128 cm³/mol. The van der Waals surface area contributed by atoms with Gasteiger partial charge in [-0.1, -0.05) is 70.6 Å². The highest BCUT2D eigenvalue weighted by molar-refractivity contribution is 9.10. The van der Waals surface area contributed by atoms with Crippen molar-refractivity contribution in [1.82, 2.24) is 14.6 Å². The van der Waals surface area contributed by atoms with E-state index in [2.05, 4.69) is 51.1 Å². The van der Waals surface area contributed by atoms with Crippen LogP contribution in [0.3, 0.4) is 0 Å². The second kappa shape index (κ2) is 7.90. The number of hydrogen-bond donors (Lipinski definition) is 0. The molecule has 0 spiro atoms. The average Bonchev–Trinajstić information content (AvgIpc) is 3.32. The van der Waals surface area contributed by atoms with Gasteiger partial charge in [0.15, 0.2) is 5.82 Å². The van der Waals surface area contributed by atoms with E-state index in [1.54, 1.807) is 7.11 Å². The van der Waals surface area contributed by atoms with E-state index < -0.39 is 0 Å². The molecule has 2 heterocycles. The van der Waals surface area contributed by atoms with Crippen LogP contribution in [0.2, 0.25) is 0 Å². The first-order chi connectivity index (χ1) is 15.0. The van der Waals surface area contributed by atoms with E-state index in [-0.39, 0.29) is 11.5 Å². The largest absolute Gasteiger partial charge is 0.497 e. The lowest BCUT2D eigenvalue weighted by Gasteiger charge is -2.10. The maximum Gasteiger partial charge on any atom is 0.291 e. The van der Waals surface area contributed by atoms with Crippen LogP contribution >= 0.6 is 27.3 Å². The number of fused-ring (bicyclic) bond motifs is 2. The lowest BCUT2D eigenvalue weighted by Crippen LogP contribution is -2.24. The Morgan fingerprint density at radius 3 is 2.68 bits per heavy atom. The quantitative estimate of drug-likeness (QED) is 0.363. The van der Waals surface area contributed by atoms with Gasteiger partial charge >= 0.3 is 0 Å². The van der Waals surface area contributed by atoms with Crippen molar-refractivity contribution in [2.24, 2.45) is 0 Å². The monoisotopic (exact) mass is 491 g/mol. The molecule has 0 aliphatic carbocycles. The number of ether oxygens (including phenoxy) is 1. The minimum Gasteiger partial charge on any atom is -0.497 e. The van der Waals surface area contributed by atoms with E-state index >= 15 is 0 Å². The Kier molecular flexibility index (Phi) is 5.08. The van der Waals surface area contributed by atoms with Crippen molar-refractivity contribution in [3.8, 4) is 5.75 Å². The molecule has 0 saturated heterocycles. The second-order valence-electron chi connectivity index (χ2n) is 7.33. The molecule has 2 aromatic heterocycles. The van der Waals surface area contributed by atoms with Gasteiger partial charge in [0.05, 0.1) is 11.6 Å². The highest BCUT2D eigenvalue weighted by atomic mass is 79.9. The third-order valence-electron chi connectivity index (χ3n) is 5.30. The summed E-state index contributed by atoms with van der Waals surface area (Å²) >= 11 is 4.82. The van der Waals surface area contributed by atoms with E-state index in [0.29, 0.717) is 15.3 Å². The van der Waals surface area contributed by atoms with Crippen LogP contribution in [0.1, 0.15) is 29.8 Å². The number of halogens is 1. The number of aromatic nitrogens is 3. The van der Waals surface area contributed by atoms with Gasteiger partial charge in [0.1, 0.15) is 5.75 Å². The van der Waals surface area contributed by atoms with Crippen molar-refractivity contribution < 1.29 is 4.74 Å². The Bertz CT molecular complexity index is 1540. The summed E-state index contributed by atoms with van der Waals surface area (Å²) in [6.45, 7) is 2.06. The molecule has 0 amide bonds. The summed E-state index contributed by atoms with van der Waals surface area (Å²) in [5.41, 5.74) is 1.91. The molecular formula is C24H18BrN3O2S. The Morgan fingerprint density at radius 2 is 1.90 bits per heavy atom. The van der Waals surface area contributed by atoms with Crippen molar-refractivity contribution in [1.29, 1.82) is 0 Å². The molecule has 0 saturated carbocycles. The highest BCUT2D eigenvalue weighted by Crippen LogP contribution is 2.27. The fourth-order valence-corrected chi connectivity index (χ4v) is 4.90. The van der Waals surface area contributed by atoms with Crippen molar-refractivity contribution in [2.45, 2.75) is 12.8 Å². The van der Waals surface area contributed by atoms with Crippen LogP contribution in [0.5, 0.6) is 5.75 Å². The number of thiazole rings is 1. The SMILES string of the molecule is COc1ccc2cc([C@H](C)c3nc4s/c(=C\c5cccc(Br)c5)c(=O)n4n3)ccc2c1. The third-order valence-corrected chi connectivity index (χ3v) is 6.76. The van der Waals surface area contributed by atoms with Crippen LogP contribution in [0.4, 0.5) is 0 Å². The molecule has 7 heteroatoms. The van der Waals surface area contributed by atoms with E-state index in [9.17, 15) is 4.79 Å². The van der Waals surface area contributed by atoms with Crippen molar-refractivity contribution in [3.63, 3.8) is 0 Å². The van der Waals surface area contributed by atoms with Gasteiger partial charge in [-0.25, -0.2) is 4.98 Å². The van der Waals surface area contributed by atoms with Gasteiger partial charge in [0, 0.05) is 10.4 Å². The molecular weight excluding hydrogens is 474 g/mol. The summed E-state index contributed by atoms with van der Waals surface area (Å²) in [7, 11) is 1.67. The first-order valence-electron chi connectivity index (χ1n) is 9.76. The molecule has 3 aromatic carbocycles. The molecule has 0 aliphatic rings. The fraction of sp³-hybridized carbons (Fsp3) is 0.125. The van der Waals surface area contributed by atoms with Gasteiger partial charge in [0.2, 0.25) is 4.96 Å². The van der Waals surface area contributed by atoms with Crippen LogP contribution in [0, 0.1) is 0 Å². The Morgan fingerprint density at radius 1 is 1.10 bits per heavy atom. The van der Waals surface area contributed by atoms with Crippen LogP contribution in [-0.4, -0.2) is 21.7 Å². The maximum absolute atomic E-state index is 12.8. The zero-order valence-electron chi connectivity index (χ0n) is 16.9. The molecule has 0 bridgehead atoms.